The number of aliphatic hydroxyl groups is 2. The summed E-state index contributed by atoms with van der Waals surface area (Å²) in [6, 6.07) is 3.48. The maximum absolute atomic E-state index is 11.9. The molecular weight excluding hydrogens is 374 g/mol. The van der Waals surface area contributed by atoms with E-state index in [1.807, 2.05) is 6.07 Å². The molecule has 1 heterocycles. The van der Waals surface area contributed by atoms with Gasteiger partial charge in [-0.25, -0.2) is 4.79 Å². The van der Waals surface area contributed by atoms with Gasteiger partial charge in [0.2, 0.25) is 0 Å². The Morgan fingerprint density at radius 2 is 2.00 bits per heavy atom. The zero-order chi connectivity index (χ0) is 18.1. The summed E-state index contributed by atoms with van der Waals surface area (Å²) in [4.78, 5) is 14.1. The zero-order valence-corrected chi connectivity index (χ0v) is 16.3. The van der Waals surface area contributed by atoms with Crippen molar-refractivity contribution in [2.75, 3.05) is 31.8 Å². The van der Waals surface area contributed by atoms with Crippen LogP contribution in [0.2, 0.25) is 0 Å². The maximum Gasteiger partial charge on any atom is 0.337 e. The summed E-state index contributed by atoms with van der Waals surface area (Å²) in [7, 11) is 1.36. The van der Waals surface area contributed by atoms with Crippen molar-refractivity contribution in [3.8, 4) is 0 Å². The Labute approximate surface area is 151 Å². The molecular formula is C18H26BrNO4. The van der Waals surface area contributed by atoms with Crippen LogP contribution in [-0.2, 0) is 4.74 Å². The van der Waals surface area contributed by atoms with Crippen LogP contribution in [0.3, 0.4) is 0 Å². The van der Waals surface area contributed by atoms with Crippen LogP contribution < -0.4 is 4.90 Å². The Morgan fingerprint density at radius 3 is 2.50 bits per heavy atom. The smallest absolute Gasteiger partial charge is 0.337 e. The van der Waals surface area contributed by atoms with Gasteiger partial charge in [-0.15, -0.1) is 0 Å². The molecule has 1 aromatic carbocycles. The third-order valence-corrected chi connectivity index (χ3v) is 4.94. The fourth-order valence-electron chi connectivity index (χ4n) is 3.45. The Kier molecular flexibility index (Phi) is 5.94. The molecule has 0 radical (unpaired) electrons. The number of aliphatic hydroxyl groups excluding tert-OH is 2. The number of ether oxygens (including phenoxy) is 1. The highest BCUT2D eigenvalue weighted by Crippen LogP contribution is 2.48. The van der Waals surface area contributed by atoms with E-state index in [2.05, 4.69) is 41.6 Å². The summed E-state index contributed by atoms with van der Waals surface area (Å²) < 4.78 is 5.64. The van der Waals surface area contributed by atoms with Crippen molar-refractivity contribution in [3.63, 3.8) is 0 Å². The zero-order valence-electron chi connectivity index (χ0n) is 14.7. The fraction of sp³-hybridized carbons (Fsp3) is 0.611. The van der Waals surface area contributed by atoms with Crippen molar-refractivity contribution in [1.29, 1.82) is 0 Å². The quantitative estimate of drug-likeness (QED) is 0.744. The minimum absolute atomic E-state index is 0.00454. The molecule has 0 saturated heterocycles. The second kappa shape index (κ2) is 7.42. The molecule has 0 spiro atoms. The molecule has 1 aliphatic rings. The van der Waals surface area contributed by atoms with E-state index in [1.165, 1.54) is 7.11 Å². The van der Waals surface area contributed by atoms with E-state index in [0.717, 1.165) is 22.3 Å². The molecule has 2 atom stereocenters. The molecule has 0 saturated carbocycles. The van der Waals surface area contributed by atoms with Crippen LogP contribution in [0.4, 0.5) is 5.69 Å². The predicted molar refractivity (Wildman–Crippen MR) is 97.6 cm³/mol. The van der Waals surface area contributed by atoms with Crippen LogP contribution in [0.1, 0.15) is 49.0 Å². The topological polar surface area (TPSA) is 70.0 Å². The van der Waals surface area contributed by atoms with E-state index in [1.54, 1.807) is 6.07 Å². The average molecular weight is 400 g/mol. The van der Waals surface area contributed by atoms with Crippen LogP contribution in [0.25, 0.3) is 0 Å². The molecule has 0 amide bonds. The number of fused-ring (bicyclic) bond motifs is 1. The number of carbonyl (C=O) groups is 1. The van der Waals surface area contributed by atoms with E-state index in [4.69, 9.17) is 4.74 Å². The van der Waals surface area contributed by atoms with Crippen molar-refractivity contribution >= 4 is 27.6 Å². The van der Waals surface area contributed by atoms with Gasteiger partial charge in [0.25, 0.3) is 0 Å². The summed E-state index contributed by atoms with van der Waals surface area (Å²) >= 11 is 3.59. The number of benzene rings is 1. The number of nitrogens with zero attached hydrogens (tertiary/aromatic N) is 1. The number of rotatable bonds is 5. The van der Waals surface area contributed by atoms with E-state index >= 15 is 0 Å². The van der Waals surface area contributed by atoms with E-state index in [0.29, 0.717) is 12.0 Å². The Hall–Kier alpha value is -1.11. The van der Waals surface area contributed by atoms with Gasteiger partial charge in [-0.05, 0) is 45.5 Å². The number of carbonyl (C=O) groups excluding carboxylic acids is 1. The predicted octanol–water partition coefficient (Wildman–Crippen LogP) is 2.93. The van der Waals surface area contributed by atoms with Crippen LogP contribution in [0.5, 0.6) is 0 Å². The molecule has 5 nitrogen and oxygen atoms in total. The van der Waals surface area contributed by atoms with E-state index in [-0.39, 0.29) is 30.6 Å². The van der Waals surface area contributed by atoms with Gasteiger partial charge in [-0.2, -0.15) is 0 Å². The highest BCUT2D eigenvalue weighted by Gasteiger charge is 2.40. The van der Waals surface area contributed by atoms with Crippen molar-refractivity contribution in [1.82, 2.24) is 0 Å². The molecule has 24 heavy (non-hydrogen) atoms. The number of methoxy groups -OCH3 is 1. The lowest BCUT2D eigenvalue weighted by atomic mass is 9.91. The SMILES string of the molecule is COC(=O)c1cc(Br)c2c(c1)C(CCO)C(CO)N2CC(C)(C)C. The third-order valence-electron chi connectivity index (χ3n) is 4.34. The summed E-state index contributed by atoms with van der Waals surface area (Å²) in [5.41, 5.74) is 2.48. The van der Waals surface area contributed by atoms with Crippen molar-refractivity contribution in [2.24, 2.45) is 5.41 Å². The van der Waals surface area contributed by atoms with Gasteiger partial charge in [-0.1, -0.05) is 20.8 Å². The average Bonchev–Trinajstić information content (AvgIpc) is 2.78. The monoisotopic (exact) mass is 399 g/mol. The van der Waals surface area contributed by atoms with E-state index < -0.39 is 5.97 Å². The third kappa shape index (κ3) is 3.76. The molecule has 1 aliphatic heterocycles. The highest BCUT2D eigenvalue weighted by molar-refractivity contribution is 9.10. The Balaban J connectivity index is 2.58. The lowest BCUT2D eigenvalue weighted by molar-refractivity contribution is 0.0600. The van der Waals surface area contributed by atoms with Crippen LogP contribution in [0.15, 0.2) is 16.6 Å². The second-order valence-corrected chi connectivity index (χ2v) is 8.30. The first-order valence-corrected chi connectivity index (χ1v) is 8.93. The lowest BCUT2D eigenvalue weighted by Gasteiger charge is -2.34. The molecule has 2 unspecified atom stereocenters. The number of anilines is 1. The van der Waals surface area contributed by atoms with Gasteiger partial charge in [0, 0.05) is 23.5 Å². The largest absolute Gasteiger partial charge is 0.465 e. The number of halogens is 1. The number of hydrogen-bond donors (Lipinski definition) is 2. The summed E-state index contributed by atoms with van der Waals surface area (Å²) in [6.45, 7) is 7.24. The number of hydrogen-bond acceptors (Lipinski definition) is 5. The standard InChI is InChI=1S/C18H26BrNO4/c1-18(2,3)10-20-15(9-22)12(5-6-21)13-7-11(17(23)24-4)8-14(19)16(13)20/h7-8,12,15,21-22H,5-6,9-10H2,1-4H3. The molecule has 2 N–H and O–H groups in total. The Bertz CT molecular complexity index is 612. The minimum Gasteiger partial charge on any atom is -0.465 e. The maximum atomic E-state index is 11.9. The van der Waals surface area contributed by atoms with Gasteiger partial charge < -0.3 is 19.8 Å². The van der Waals surface area contributed by atoms with Gasteiger partial charge in [0.15, 0.2) is 0 Å². The molecule has 0 aliphatic carbocycles. The molecule has 0 aromatic heterocycles. The summed E-state index contributed by atoms with van der Waals surface area (Å²) in [5.74, 6) is -0.422. The van der Waals surface area contributed by atoms with Crippen LogP contribution >= 0.6 is 15.9 Å². The van der Waals surface area contributed by atoms with Gasteiger partial charge in [-0.3, -0.25) is 0 Å². The molecule has 2 rings (SSSR count). The fourth-order valence-corrected chi connectivity index (χ4v) is 4.16. The van der Waals surface area contributed by atoms with Crippen LogP contribution in [0, 0.1) is 5.41 Å². The van der Waals surface area contributed by atoms with Gasteiger partial charge in [0.05, 0.1) is 31.0 Å². The molecule has 0 fully saturated rings. The molecule has 134 valence electrons. The highest BCUT2D eigenvalue weighted by atomic mass is 79.9. The first-order valence-electron chi connectivity index (χ1n) is 8.13. The molecule has 6 heteroatoms. The molecule has 1 aromatic rings. The van der Waals surface area contributed by atoms with Crippen LogP contribution in [-0.4, -0.2) is 49.1 Å². The minimum atomic E-state index is -0.393. The van der Waals surface area contributed by atoms with Crippen molar-refractivity contribution in [2.45, 2.75) is 39.2 Å². The summed E-state index contributed by atoms with van der Waals surface area (Å²) in [6.07, 6.45) is 0.538. The van der Waals surface area contributed by atoms with Crippen molar-refractivity contribution < 1.29 is 19.7 Å². The lowest BCUT2D eigenvalue weighted by Crippen LogP contribution is -2.42. The number of esters is 1. The second-order valence-electron chi connectivity index (χ2n) is 7.44. The normalized spacial score (nSPS) is 20.2. The van der Waals surface area contributed by atoms with Gasteiger partial charge in [0.1, 0.15) is 0 Å². The summed E-state index contributed by atoms with van der Waals surface area (Å²) in [5, 5.41) is 19.5. The van der Waals surface area contributed by atoms with E-state index in [9.17, 15) is 15.0 Å². The Morgan fingerprint density at radius 1 is 1.33 bits per heavy atom. The first-order chi connectivity index (χ1) is 11.2. The van der Waals surface area contributed by atoms with Crippen molar-refractivity contribution in [3.05, 3.63) is 27.7 Å². The first kappa shape index (κ1) is 19.2. The van der Waals surface area contributed by atoms with Gasteiger partial charge >= 0.3 is 5.97 Å². The molecule has 0 bridgehead atoms.